The van der Waals surface area contributed by atoms with Crippen molar-refractivity contribution in [3.05, 3.63) is 75.5 Å². The highest BCUT2D eigenvalue weighted by Gasteiger charge is 2.29. The Bertz CT molecular complexity index is 909. The van der Waals surface area contributed by atoms with Crippen LogP contribution in [-0.4, -0.2) is 18.3 Å². The summed E-state index contributed by atoms with van der Waals surface area (Å²) in [5.41, 5.74) is 1.22. The van der Waals surface area contributed by atoms with Crippen LogP contribution in [0, 0.1) is 17.1 Å². The van der Waals surface area contributed by atoms with Gasteiger partial charge in [0.1, 0.15) is 11.6 Å². The summed E-state index contributed by atoms with van der Waals surface area (Å²) in [6, 6.07) is 15.3. The largest absolute Gasteiger partial charge is 0.491 e. The van der Waals surface area contributed by atoms with E-state index < -0.39 is 0 Å². The Balaban J connectivity index is 1.70. The molecule has 1 atom stereocenters. The lowest BCUT2D eigenvalue weighted by Crippen LogP contribution is -2.31. The van der Waals surface area contributed by atoms with Gasteiger partial charge in [-0.25, -0.2) is 4.39 Å². The summed E-state index contributed by atoms with van der Waals surface area (Å²) in [7, 11) is 0. The molecule has 1 aliphatic heterocycles. The molecular formula is C20H16ClFN2O2S. The highest BCUT2D eigenvalue weighted by molar-refractivity contribution is 8.03. The Morgan fingerprint density at radius 2 is 2.00 bits per heavy atom. The molecule has 2 aromatic rings. The lowest BCUT2D eigenvalue weighted by atomic mass is 9.87. The first-order valence-corrected chi connectivity index (χ1v) is 9.64. The maximum absolute atomic E-state index is 13.2. The van der Waals surface area contributed by atoms with Crippen LogP contribution in [0.2, 0.25) is 5.02 Å². The quantitative estimate of drug-likeness (QED) is 0.715. The van der Waals surface area contributed by atoms with Gasteiger partial charge in [0.15, 0.2) is 0 Å². The second-order valence-electron chi connectivity index (χ2n) is 5.84. The van der Waals surface area contributed by atoms with E-state index in [4.69, 9.17) is 16.3 Å². The number of nitrogens with zero attached hydrogens (tertiary/aromatic N) is 1. The van der Waals surface area contributed by atoms with Gasteiger partial charge in [0.05, 0.1) is 28.3 Å². The Morgan fingerprint density at radius 3 is 2.70 bits per heavy atom. The van der Waals surface area contributed by atoms with E-state index in [1.54, 1.807) is 24.3 Å². The minimum Gasteiger partial charge on any atom is -0.491 e. The van der Waals surface area contributed by atoms with Crippen LogP contribution in [0.4, 0.5) is 4.39 Å². The topological polar surface area (TPSA) is 62.1 Å². The van der Waals surface area contributed by atoms with Gasteiger partial charge in [-0.15, -0.1) is 11.8 Å². The molecule has 1 aliphatic rings. The third-order valence-electron chi connectivity index (χ3n) is 4.05. The van der Waals surface area contributed by atoms with E-state index in [1.807, 2.05) is 12.1 Å². The molecular weight excluding hydrogens is 387 g/mol. The smallest absolute Gasteiger partial charge is 0.225 e. The number of thioether (sulfide) groups is 1. The van der Waals surface area contributed by atoms with Crippen molar-refractivity contribution in [3.63, 3.8) is 0 Å². The summed E-state index contributed by atoms with van der Waals surface area (Å²) in [6.45, 7) is 0.369. The Hall–Kier alpha value is -2.49. The zero-order valence-electron chi connectivity index (χ0n) is 14.2. The number of nitriles is 1. The summed E-state index contributed by atoms with van der Waals surface area (Å²) in [5, 5.41) is 13.4. The maximum Gasteiger partial charge on any atom is 0.225 e. The van der Waals surface area contributed by atoms with Gasteiger partial charge >= 0.3 is 0 Å². The van der Waals surface area contributed by atoms with E-state index in [0.717, 1.165) is 5.56 Å². The van der Waals surface area contributed by atoms with Gasteiger partial charge in [0.2, 0.25) is 5.91 Å². The highest BCUT2D eigenvalue weighted by atomic mass is 35.5. The van der Waals surface area contributed by atoms with Crippen molar-refractivity contribution in [2.24, 2.45) is 0 Å². The van der Waals surface area contributed by atoms with Gasteiger partial charge < -0.3 is 10.1 Å². The number of nitrogens with one attached hydrogen (secondary N) is 1. The molecule has 0 spiro atoms. The first-order chi connectivity index (χ1) is 13.1. The molecule has 1 amide bonds. The van der Waals surface area contributed by atoms with E-state index in [-0.39, 0.29) is 24.1 Å². The Kier molecular flexibility index (Phi) is 6.38. The van der Waals surface area contributed by atoms with E-state index in [1.165, 1.54) is 23.9 Å². The van der Waals surface area contributed by atoms with Gasteiger partial charge in [-0.3, -0.25) is 4.79 Å². The second kappa shape index (κ2) is 8.94. The number of hydrogen-bond donors (Lipinski definition) is 1. The fraction of sp³-hybridized carbons (Fsp3) is 0.200. The number of para-hydroxylation sites is 1. The summed E-state index contributed by atoms with van der Waals surface area (Å²) in [6.07, 6.45) is 0.161. The molecule has 138 valence electrons. The first kappa shape index (κ1) is 19.3. The minimum atomic E-state index is -0.378. The van der Waals surface area contributed by atoms with E-state index >= 15 is 0 Å². The van der Waals surface area contributed by atoms with E-state index in [2.05, 4.69) is 11.4 Å². The zero-order chi connectivity index (χ0) is 19.2. The number of ether oxygens (including phenoxy) is 1. The van der Waals surface area contributed by atoms with Gasteiger partial charge in [-0.2, -0.15) is 5.26 Å². The fourth-order valence-corrected chi connectivity index (χ4v) is 3.86. The molecule has 0 saturated carbocycles. The average molecular weight is 403 g/mol. The molecule has 0 aromatic heterocycles. The predicted octanol–water partition coefficient (Wildman–Crippen LogP) is 4.63. The van der Waals surface area contributed by atoms with Crippen molar-refractivity contribution in [1.82, 2.24) is 5.32 Å². The summed E-state index contributed by atoms with van der Waals surface area (Å²) in [5.74, 6) is 0.218. The average Bonchev–Trinajstić information content (AvgIpc) is 2.66. The van der Waals surface area contributed by atoms with E-state index in [9.17, 15) is 14.4 Å². The van der Waals surface area contributed by atoms with Crippen LogP contribution >= 0.6 is 23.4 Å². The van der Waals surface area contributed by atoms with Crippen LogP contribution in [0.5, 0.6) is 5.75 Å². The normalized spacial score (nSPS) is 16.6. The lowest BCUT2D eigenvalue weighted by molar-refractivity contribution is -0.120. The van der Waals surface area contributed by atoms with Gasteiger partial charge in [0.25, 0.3) is 0 Å². The number of carbonyl (C=O) groups excluding carboxylic acids is 1. The molecule has 27 heavy (non-hydrogen) atoms. The molecule has 1 N–H and O–H groups in total. The number of carbonyl (C=O) groups is 1. The molecule has 4 nitrogen and oxygen atoms in total. The van der Waals surface area contributed by atoms with Crippen LogP contribution in [-0.2, 0) is 4.79 Å². The maximum atomic E-state index is 13.2. The van der Waals surface area contributed by atoms with Gasteiger partial charge in [-0.05, 0) is 29.8 Å². The van der Waals surface area contributed by atoms with Crippen LogP contribution < -0.4 is 10.1 Å². The first-order valence-electron chi connectivity index (χ1n) is 8.28. The Morgan fingerprint density at radius 1 is 1.26 bits per heavy atom. The van der Waals surface area contributed by atoms with Crippen LogP contribution in [0.3, 0.4) is 0 Å². The summed E-state index contributed by atoms with van der Waals surface area (Å²) < 4.78 is 18.8. The Labute approximate surface area is 166 Å². The molecule has 0 saturated heterocycles. The number of benzene rings is 2. The van der Waals surface area contributed by atoms with Crippen LogP contribution in [0.15, 0.2) is 59.1 Å². The van der Waals surface area contributed by atoms with E-state index in [0.29, 0.717) is 33.7 Å². The molecule has 3 rings (SSSR count). The minimum absolute atomic E-state index is 0.161. The van der Waals surface area contributed by atoms with Crippen molar-refractivity contribution in [2.75, 3.05) is 12.4 Å². The van der Waals surface area contributed by atoms with Crippen LogP contribution in [0.1, 0.15) is 17.9 Å². The molecule has 2 aromatic carbocycles. The monoisotopic (exact) mass is 402 g/mol. The fourth-order valence-electron chi connectivity index (χ4n) is 2.77. The molecule has 0 unspecified atom stereocenters. The highest BCUT2D eigenvalue weighted by Crippen LogP contribution is 2.36. The van der Waals surface area contributed by atoms with Crippen molar-refractivity contribution >= 4 is 29.3 Å². The third-order valence-corrected chi connectivity index (χ3v) is 5.35. The number of rotatable bonds is 6. The SMILES string of the molecule is N#CC1=C(SCCOc2ccccc2Cl)NC(=O)C[C@@H]1c1ccc(F)cc1. The third kappa shape index (κ3) is 4.82. The zero-order valence-corrected chi connectivity index (χ0v) is 15.8. The van der Waals surface area contributed by atoms with Crippen LogP contribution in [0.25, 0.3) is 0 Å². The molecule has 7 heteroatoms. The number of halogens is 2. The number of allylic oxidation sites excluding steroid dienone is 1. The van der Waals surface area contributed by atoms with Crippen molar-refractivity contribution in [1.29, 1.82) is 5.26 Å². The standard InChI is InChI=1S/C20H16ClFN2O2S/c21-17-3-1-2-4-18(17)26-9-10-27-20-16(12-23)15(11-19(25)24-20)13-5-7-14(22)8-6-13/h1-8,15H,9-11H2,(H,24,25)/t15-/m1/s1. The second-order valence-corrected chi connectivity index (χ2v) is 7.35. The van der Waals surface area contributed by atoms with Gasteiger partial charge in [0, 0.05) is 18.1 Å². The number of hydrogen-bond acceptors (Lipinski definition) is 4. The molecule has 0 bridgehead atoms. The molecule has 0 aliphatic carbocycles. The van der Waals surface area contributed by atoms with Gasteiger partial charge in [-0.1, -0.05) is 35.9 Å². The van der Waals surface area contributed by atoms with Crippen molar-refractivity contribution in [3.8, 4) is 11.8 Å². The lowest BCUT2D eigenvalue weighted by Gasteiger charge is -2.25. The molecule has 0 fully saturated rings. The molecule has 0 radical (unpaired) electrons. The summed E-state index contributed by atoms with van der Waals surface area (Å²) in [4.78, 5) is 12.1. The summed E-state index contributed by atoms with van der Waals surface area (Å²) >= 11 is 7.39. The molecule has 1 heterocycles. The van der Waals surface area contributed by atoms with Crippen molar-refractivity contribution in [2.45, 2.75) is 12.3 Å². The number of amides is 1. The predicted molar refractivity (Wildman–Crippen MR) is 104 cm³/mol. The van der Waals surface area contributed by atoms with Crippen molar-refractivity contribution < 1.29 is 13.9 Å².